The Bertz CT molecular complexity index is 162. The number of rotatable bonds is 0. The SMILES string of the molecule is C=C1CC2CCCCCCCC2C1. The van der Waals surface area contributed by atoms with Crippen LogP contribution in [0.4, 0.5) is 0 Å². The highest BCUT2D eigenvalue weighted by Gasteiger charge is 2.28. The van der Waals surface area contributed by atoms with E-state index < -0.39 is 0 Å². The third-order valence-corrected chi connectivity index (χ3v) is 3.92. The summed E-state index contributed by atoms with van der Waals surface area (Å²) >= 11 is 0. The van der Waals surface area contributed by atoms with E-state index in [1.807, 2.05) is 0 Å². The number of hydrogen-bond acceptors (Lipinski definition) is 0. The molecule has 0 spiro atoms. The second-order valence-electron chi connectivity index (χ2n) is 5.02. The number of allylic oxidation sites excluding steroid dienone is 1. The fraction of sp³-hybridized carbons (Fsp3) is 0.846. The van der Waals surface area contributed by atoms with Crippen LogP contribution >= 0.6 is 0 Å². The van der Waals surface area contributed by atoms with E-state index in [9.17, 15) is 0 Å². The first-order chi connectivity index (χ1) is 6.36. The average molecular weight is 178 g/mol. The average Bonchev–Trinajstić information content (AvgIpc) is 2.46. The van der Waals surface area contributed by atoms with Gasteiger partial charge in [0.05, 0.1) is 0 Å². The lowest BCUT2D eigenvalue weighted by atomic mass is 9.89. The molecule has 2 saturated carbocycles. The van der Waals surface area contributed by atoms with Crippen LogP contribution in [0.3, 0.4) is 0 Å². The van der Waals surface area contributed by atoms with Crippen LogP contribution in [-0.2, 0) is 0 Å². The van der Waals surface area contributed by atoms with E-state index >= 15 is 0 Å². The lowest BCUT2D eigenvalue weighted by Gasteiger charge is -2.17. The van der Waals surface area contributed by atoms with Crippen LogP contribution in [0.25, 0.3) is 0 Å². The minimum absolute atomic E-state index is 1.02. The summed E-state index contributed by atoms with van der Waals surface area (Å²) in [4.78, 5) is 0. The van der Waals surface area contributed by atoms with E-state index in [1.165, 1.54) is 63.4 Å². The monoisotopic (exact) mass is 178 g/mol. The third-order valence-electron chi connectivity index (χ3n) is 3.92. The molecule has 2 rings (SSSR count). The summed E-state index contributed by atoms with van der Waals surface area (Å²) in [7, 11) is 0. The van der Waals surface area contributed by atoms with Gasteiger partial charge in [-0.25, -0.2) is 0 Å². The standard InChI is InChI=1S/C13H22/c1-11-9-12-7-5-3-2-4-6-8-13(12)10-11/h12-13H,1-10H2. The van der Waals surface area contributed by atoms with E-state index in [-0.39, 0.29) is 0 Å². The molecule has 0 heteroatoms. The lowest BCUT2D eigenvalue weighted by molar-refractivity contribution is 0.339. The molecule has 0 radical (unpaired) electrons. The summed E-state index contributed by atoms with van der Waals surface area (Å²) < 4.78 is 0. The fourth-order valence-corrected chi connectivity index (χ4v) is 3.18. The highest BCUT2D eigenvalue weighted by molar-refractivity contribution is 5.05. The molecular weight excluding hydrogens is 156 g/mol. The molecule has 2 atom stereocenters. The molecule has 0 aromatic heterocycles. The Morgan fingerprint density at radius 1 is 0.769 bits per heavy atom. The van der Waals surface area contributed by atoms with Crippen LogP contribution in [0.5, 0.6) is 0 Å². The van der Waals surface area contributed by atoms with Crippen LogP contribution in [0, 0.1) is 11.8 Å². The molecule has 13 heavy (non-hydrogen) atoms. The maximum Gasteiger partial charge on any atom is -0.0292 e. The molecule has 2 aliphatic rings. The van der Waals surface area contributed by atoms with Crippen LogP contribution in [0.15, 0.2) is 12.2 Å². The van der Waals surface area contributed by atoms with Gasteiger partial charge >= 0.3 is 0 Å². The van der Waals surface area contributed by atoms with Crippen molar-refractivity contribution in [3.05, 3.63) is 12.2 Å². The van der Waals surface area contributed by atoms with Gasteiger partial charge in [0, 0.05) is 0 Å². The first-order valence-corrected chi connectivity index (χ1v) is 6.03. The van der Waals surface area contributed by atoms with Gasteiger partial charge in [-0.1, -0.05) is 44.3 Å². The van der Waals surface area contributed by atoms with Crippen molar-refractivity contribution in [2.24, 2.45) is 11.8 Å². The maximum absolute atomic E-state index is 4.16. The summed E-state index contributed by atoms with van der Waals surface area (Å²) in [5, 5.41) is 0. The molecule has 2 aliphatic carbocycles. The predicted octanol–water partition coefficient (Wildman–Crippen LogP) is 4.31. The third kappa shape index (κ3) is 2.36. The molecule has 74 valence electrons. The van der Waals surface area contributed by atoms with E-state index in [1.54, 1.807) is 0 Å². The summed E-state index contributed by atoms with van der Waals surface area (Å²) in [5.74, 6) is 2.04. The quantitative estimate of drug-likeness (QED) is 0.485. The summed E-state index contributed by atoms with van der Waals surface area (Å²) in [6.07, 6.45) is 13.1. The first-order valence-electron chi connectivity index (χ1n) is 6.03. The zero-order chi connectivity index (χ0) is 9.10. The molecule has 0 saturated heterocycles. The van der Waals surface area contributed by atoms with Gasteiger partial charge in [0.15, 0.2) is 0 Å². The molecular formula is C13H22. The van der Waals surface area contributed by atoms with Crippen LogP contribution in [-0.4, -0.2) is 0 Å². The van der Waals surface area contributed by atoms with E-state index in [0.29, 0.717) is 0 Å². The second kappa shape index (κ2) is 4.30. The Hall–Kier alpha value is -0.260. The number of fused-ring (bicyclic) bond motifs is 1. The summed E-state index contributed by atoms with van der Waals surface area (Å²) in [6, 6.07) is 0. The van der Waals surface area contributed by atoms with Crippen molar-refractivity contribution >= 4 is 0 Å². The smallest absolute Gasteiger partial charge is 0.0292 e. The fourth-order valence-electron chi connectivity index (χ4n) is 3.18. The zero-order valence-electron chi connectivity index (χ0n) is 8.73. The van der Waals surface area contributed by atoms with Crippen molar-refractivity contribution < 1.29 is 0 Å². The van der Waals surface area contributed by atoms with Gasteiger partial charge in [-0.3, -0.25) is 0 Å². The van der Waals surface area contributed by atoms with Gasteiger partial charge in [-0.2, -0.15) is 0 Å². The molecule has 2 fully saturated rings. The minimum atomic E-state index is 1.02. The molecule has 0 aromatic rings. The van der Waals surface area contributed by atoms with Crippen molar-refractivity contribution in [3.63, 3.8) is 0 Å². The number of hydrogen-bond donors (Lipinski definition) is 0. The molecule has 2 unspecified atom stereocenters. The van der Waals surface area contributed by atoms with E-state index in [4.69, 9.17) is 0 Å². The highest BCUT2D eigenvalue weighted by Crippen LogP contribution is 2.41. The highest BCUT2D eigenvalue weighted by atomic mass is 14.3. The van der Waals surface area contributed by atoms with Crippen molar-refractivity contribution in [1.82, 2.24) is 0 Å². The van der Waals surface area contributed by atoms with Gasteiger partial charge in [-0.05, 0) is 37.5 Å². The molecule has 0 N–H and O–H groups in total. The Morgan fingerprint density at radius 2 is 1.23 bits per heavy atom. The van der Waals surface area contributed by atoms with E-state index in [0.717, 1.165) is 11.8 Å². The van der Waals surface area contributed by atoms with Crippen LogP contribution in [0.2, 0.25) is 0 Å². The molecule has 0 amide bonds. The predicted molar refractivity (Wildman–Crippen MR) is 57.7 cm³/mol. The summed E-state index contributed by atoms with van der Waals surface area (Å²) in [6.45, 7) is 4.16. The van der Waals surface area contributed by atoms with Crippen LogP contribution in [0.1, 0.15) is 57.8 Å². The van der Waals surface area contributed by atoms with Crippen molar-refractivity contribution in [3.8, 4) is 0 Å². The van der Waals surface area contributed by atoms with Gasteiger partial charge in [-0.15, -0.1) is 0 Å². The van der Waals surface area contributed by atoms with Crippen LogP contribution < -0.4 is 0 Å². The van der Waals surface area contributed by atoms with Crippen molar-refractivity contribution in [2.45, 2.75) is 57.8 Å². The Morgan fingerprint density at radius 3 is 1.77 bits per heavy atom. The van der Waals surface area contributed by atoms with Gasteiger partial charge in [0.1, 0.15) is 0 Å². The van der Waals surface area contributed by atoms with Crippen molar-refractivity contribution in [2.75, 3.05) is 0 Å². The Labute approximate surface area is 82.4 Å². The molecule has 0 aliphatic heterocycles. The maximum atomic E-state index is 4.16. The molecule has 0 nitrogen and oxygen atoms in total. The Kier molecular flexibility index (Phi) is 3.08. The normalized spacial score (nSPS) is 36.2. The first kappa shape index (κ1) is 9.30. The van der Waals surface area contributed by atoms with Gasteiger partial charge in [0.2, 0.25) is 0 Å². The summed E-state index contributed by atoms with van der Waals surface area (Å²) in [5.41, 5.74) is 1.54. The molecule has 0 bridgehead atoms. The zero-order valence-corrected chi connectivity index (χ0v) is 8.73. The molecule has 0 heterocycles. The topological polar surface area (TPSA) is 0 Å². The van der Waals surface area contributed by atoms with E-state index in [2.05, 4.69) is 6.58 Å². The second-order valence-corrected chi connectivity index (χ2v) is 5.02. The Balaban J connectivity index is 1.94. The lowest BCUT2D eigenvalue weighted by Crippen LogP contribution is -2.06. The minimum Gasteiger partial charge on any atom is -0.0998 e. The van der Waals surface area contributed by atoms with Gasteiger partial charge in [0.25, 0.3) is 0 Å². The van der Waals surface area contributed by atoms with Gasteiger partial charge < -0.3 is 0 Å². The molecule has 0 aromatic carbocycles. The largest absolute Gasteiger partial charge is 0.0998 e. The van der Waals surface area contributed by atoms with Crippen molar-refractivity contribution in [1.29, 1.82) is 0 Å².